The van der Waals surface area contributed by atoms with Crippen molar-refractivity contribution < 1.29 is 17.6 Å². The lowest BCUT2D eigenvalue weighted by Crippen LogP contribution is -2.52. The Balaban J connectivity index is 2.09. The van der Waals surface area contributed by atoms with Gasteiger partial charge in [-0.05, 0) is 30.7 Å². The zero-order chi connectivity index (χ0) is 14.9. The number of aryl methyl sites for hydroxylation is 1. The number of halogens is 1. The van der Waals surface area contributed by atoms with E-state index in [0.717, 1.165) is 4.31 Å². The molecule has 0 aliphatic carbocycles. The van der Waals surface area contributed by atoms with E-state index in [-0.39, 0.29) is 37.6 Å². The predicted octanol–water partition coefficient (Wildman–Crippen LogP) is 0.0954. The molecule has 0 bridgehead atoms. The third kappa shape index (κ3) is 3.33. The van der Waals surface area contributed by atoms with Crippen molar-refractivity contribution >= 4 is 16.1 Å². The normalized spacial score (nSPS) is 17.2. The minimum atomic E-state index is -3.72. The second-order valence-electron chi connectivity index (χ2n) is 4.75. The smallest absolute Gasteiger partial charge is 0.277 e. The van der Waals surface area contributed by atoms with E-state index in [9.17, 15) is 17.6 Å². The van der Waals surface area contributed by atoms with Crippen molar-refractivity contribution in [2.45, 2.75) is 6.92 Å². The fourth-order valence-electron chi connectivity index (χ4n) is 2.19. The molecular formula is C12H16FN3O3S. The molecule has 8 heteroatoms. The predicted molar refractivity (Wildman–Crippen MR) is 71.7 cm³/mol. The molecular weight excluding hydrogens is 285 g/mol. The molecule has 6 nitrogen and oxygen atoms in total. The van der Waals surface area contributed by atoms with Crippen LogP contribution in [0, 0.1) is 12.7 Å². The van der Waals surface area contributed by atoms with Crippen molar-refractivity contribution in [3.63, 3.8) is 0 Å². The average molecular weight is 301 g/mol. The topological polar surface area (TPSA) is 83.7 Å². The van der Waals surface area contributed by atoms with E-state index in [0.29, 0.717) is 5.56 Å². The zero-order valence-electron chi connectivity index (χ0n) is 11.0. The van der Waals surface area contributed by atoms with Crippen LogP contribution in [0.5, 0.6) is 0 Å². The van der Waals surface area contributed by atoms with Gasteiger partial charge >= 0.3 is 0 Å². The molecule has 0 spiro atoms. The maximum absolute atomic E-state index is 13.3. The molecule has 1 aliphatic heterocycles. The Hall–Kier alpha value is -1.51. The van der Waals surface area contributed by atoms with Crippen LogP contribution in [0.25, 0.3) is 0 Å². The van der Waals surface area contributed by atoms with Gasteiger partial charge in [0.25, 0.3) is 16.1 Å². The highest BCUT2D eigenvalue weighted by molar-refractivity contribution is 7.86. The van der Waals surface area contributed by atoms with Crippen molar-refractivity contribution in [3.8, 4) is 0 Å². The van der Waals surface area contributed by atoms with E-state index in [2.05, 4.69) is 0 Å². The van der Waals surface area contributed by atoms with Gasteiger partial charge in [0, 0.05) is 31.7 Å². The molecule has 0 saturated carbocycles. The minimum Gasteiger partial charge on any atom is -0.336 e. The summed E-state index contributed by atoms with van der Waals surface area (Å²) in [5.74, 6) is -0.766. The van der Waals surface area contributed by atoms with E-state index in [1.165, 1.54) is 17.0 Å². The van der Waals surface area contributed by atoms with Gasteiger partial charge in [0.2, 0.25) is 0 Å². The fraction of sp³-hybridized carbons (Fsp3) is 0.417. The van der Waals surface area contributed by atoms with Crippen molar-refractivity contribution in [2.75, 3.05) is 26.2 Å². The summed E-state index contributed by atoms with van der Waals surface area (Å²) in [5.41, 5.74) is 0.933. The number of piperazine rings is 1. The van der Waals surface area contributed by atoms with E-state index >= 15 is 0 Å². The number of carbonyl (C=O) groups is 1. The van der Waals surface area contributed by atoms with E-state index in [4.69, 9.17) is 5.14 Å². The molecule has 0 unspecified atom stereocenters. The number of carbonyl (C=O) groups excluding carboxylic acids is 1. The van der Waals surface area contributed by atoms with Crippen molar-refractivity contribution in [1.82, 2.24) is 9.21 Å². The van der Waals surface area contributed by atoms with E-state index in [1.54, 1.807) is 13.0 Å². The molecule has 1 aliphatic rings. The highest BCUT2D eigenvalue weighted by Crippen LogP contribution is 2.13. The maximum atomic E-state index is 13.3. The number of hydrogen-bond acceptors (Lipinski definition) is 3. The van der Waals surface area contributed by atoms with Crippen LogP contribution in [0.2, 0.25) is 0 Å². The molecule has 1 aromatic carbocycles. The van der Waals surface area contributed by atoms with Crippen LogP contribution < -0.4 is 5.14 Å². The lowest BCUT2D eigenvalue weighted by molar-refractivity contribution is 0.0697. The van der Waals surface area contributed by atoms with Gasteiger partial charge in [0.15, 0.2) is 0 Å². The number of hydrogen-bond donors (Lipinski definition) is 1. The van der Waals surface area contributed by atoms with Crippen LogP contribution in [0.3, 0.4) is 0 Å². The Morgan fingerprint density at radius 2 is 1.80 bits per heavy atom. The highest BCUT2D eigenvalue weighted by atomic mass is 32.2. The first-order chi connectivity index (χ1) is 9.27. The summed E-state index contributed by atoms with van der Waals surface area (Å²) in [6, 6.07) is 4.13. The number of amides is 1. The Labute approximate surface area is 117 Å². The molecule has 1 amide bonds. The average Bonchev–Trinajstić information content (AvgIpc) is 2.36. The highest BCUT2D eigenvalue weighted by Gasteiger charge is 2.27. The van der Waals surface area contributed by atoms with Crippen LogP contribution in [-0.2, 0) is 10.2 Å². The van der Waals surface area contributed by atoms with Gasteiger partial charge in [-0.2, -0.15) is 12.7 Å². The third-order valence-electron chi connectivity index (χ3n) is 3.17. The molecule has 2 rings (SSSR count). The first kappa shape index (κ1) is 14.9. The Morgan fingerprint density at radius 1 is 1.20 bits per heavy atom. The third-order valence-corrected chi connectivity index (χ3v) is 4.26. The molecule has 2 N–H and O–H groups in total. The Morgan fingerprint density at radius 3 is 2.30 bits per heavy atom. The quantitative estimate of drug-likeness (QED) is 0.840. The monoisotopic (exact) mass is 301 g/mol. The van der Waals surface area contributed by atoms with Gasteiger partial charge in [-0.3, -0.25) is 4.79 Å². The van der Waals surface area contributed by atoms with Crippen LogP contribution in [0.4, 0.5) is 4.39 Å². The van der Waals surface area contributed by atoms with Crippen LogP contribution in [-0.4, -0.2) is 49.7 Å². The second-order valence-corrected chi connectivity index (χ2v) is 6.30. The first-order valence-corrected chi connectivity index (χ1v) is 7.62. The summed E-state index contributed by atoms with van der Waals surface area (Å²) in [6.07, 6.45) is 0. The van der Waals surface area contributed by atoms with Gasteiger partial charge in [0.05, 0.1) is 0 Å². The van der Waals surface area contributed by atoms with Crippen LogP contribution >= 0.6 is 0 Å². The second kappa shape index (κ2) is 5.47. The lowest BCUT2D eigenvalue weighted by Gasteiger charge is -2.33. The zero-order valence-corrected chi connectivity index (χ0v) is 11.9. The fourth-order valence-corrected chi connectivity index (χ4v) is 2.86. The molecule has 1 aromatic rings. The summed E-state index contributed by atoms with van der Waals surface area (Å²) in [5, 5.41) is 5.03. The van der Waals surface area contributed by atoms with Gasteiger partial charge in [-0.15, -0.1) is 0 Å². The van der Waals surface area contributed by atoms with Gasteiger partial charge in [0.1, 0.15) is 5.82 Å². The molecule has 1 heterocycles. The van der Waals surface area contributed by atoms with E-state index < -0.39 is 16.0 Å². The summed E-state index contributed by atoms with van der Waals surface area (Å²) < 4.78 is 36.8. The van der Waals surface area contributed by atoms with Crippen LogP contribution in [0.1, 0.15) is 15.9 Å². The van der Waals surface area contributed by atoms with Gasteiger partial charge in [-0.1, -0.05) is 0 Å². The molecule has 0 radical (unpaired) electrons. The largest absolute Gasteiger partial charge is 0.336 e. The summed E-state index contributed by atoms with van der Waals surface area (Å²) in [6.45, 7) is 2.49. The molecule has 1 saturated heterocycles. The number of nitrogens with two attached hydrogens (primary N) is 1. The number of benzene rings is 1. The molecule has 0 aromatic heterocycles. The Bertz CT molecular complexity index is 605. The van der Waals surface area contributed by atoms with Crippen molar-refractivity contribution in [2.24, 2.45) is 5.14 Å². The maximum Gasteiger partial charge on any atom is 0.277 e. The first-order valence-electron chi connectivity index (χ1n) is 6.12. The minimum absolute atomic E-state index is 0.152. The van der Waals surface area contributed by atoms with Crippen molar-refractivity contribution in [3.05, 3.63) is 35.1 Å². The number of rotatable bonds is 2. The van der Waals surface area contributed by atoms with Gasteiger partial charge in [-0.25, -0.2) is 9.53 Å². The SMILES string of the molecule is Cc1cc(F)cc(C(=O)N2CCN(S(N)(=O)=O)CC2)c1. The van der Waals surface area contributed by atoms with E-state index in [1.807, 2.05) is 0 Å². The van der Waals surface area contributed by atoms with Crippen LogP contribution in [0.15, 0.2) is 18.2 Å². The molecule has 1 fully saturated rings. The standard InChI is InChI=1S/C12H16FN3O3S/c1-9-6-10(8-11(13)7-9)12(17)15-2-4-16(5-3-15)20(14,18)19/h6-8H,2-5H2,1H3,(H2,14,18,19). The molecule has 110 valence electrons. The summed E-state index contributed by atoms with van der Waals surface area (Å²) in [4.78, 5) is 13.7. The Kier molecular flexibility index (Phi) is 4.07. The number of nitrogens with zero attached hydrogens (tertiary/aromatic N) is 2. The lowest BCUT2D eigenvalue weighted by atomic mass is 10.1. The van der Waals surface area contributed by atoms with Crippen molar-refractivity contribution in [1.29, 1.82) is 0 Å². The molecule has 20 heavy (non-hydrogen) atoms. The summed E-state index contributed by atoms with van der Waals surface area (Å²) in [7, 11) is -3.72. The molecule has 0 atom stereocenters. The van der Waals surface area contributed by atoms with Gasteiger partial charge < -0.3 is 4.90 Å². The summed E-state index contributed by atoms with van der Waals surface area (Å²) >= 11 is 0.